The average Bonchev–Trinajstić information content (AvgIpc) is 2.79. The van der Waals surface area contributed by atoms with Gasteiger partial charge in [-0.05, 0) is 36.6 Å². The second-order valence-electron chi connectivity index (χ2n) is 8.21. The van der Waals surface area contributed by atoms with E-state index in [1.54, 1.807) is 9.47 Å². The summed E-state index contributed by atoms with van der Waals surface area (Å²) < 4.78 is 1.58. The molecule has 1 fully saturated rings. The van der Waals surface area contributed by atoms with Gasteiger partial charge in [-0.25, -0.2) is 14.3 Å². The summed E-state index contributed by atoms with van der Waals surface area (Å²) in [6.07, 6.45) is 1.32. The van der Waals surface area contributed by atoms with Crippen LogP contribution in [0.25, 0.3) is 16.7 Å². The Morgan fingerprint density at radius 2 is 1.84 bits per heavy atom. The fraction of sp³-hybridized carbons (Fsp3) is 0.333. The number of anilines is 1. The van der Waals surface area contributed by atoms with Crippen molar-refractivity contribution in [1.82, 2.24) is 19.4 Å². The normalized spacial score (nSPS) is 14.3. The fourth-order valence-corrected chi connectivity index (χ4v) is 4.25. The molecular weight excluding hydrogens is 426 g/mol. The van der Waals surface area contributed by atoms with E-state index in [0.717, 1.165) is 11.3 Å². The molecule has 0 radical (unpaired) electrons. The first-order valence-electron chi connectivity index (χ1n) is 10.7. The van der Waals surface area contributed by atoms with Gasteiger partial charge in [0.05, 0.1) is 21.8 Å². The molecular formula is C24H26ClN5O2. The molecule has 0 atom stereocenters. The van der Waals surface area contributed by atoms with Crippen LogP contribution in [-0.4, -0.2) is 51.5 Å². The molecule has 1 aliphatic heterocycles. The van der Waals surface area contributed by atoms with Gasteiger partial charge in [-0.2, -0.15) is 4.98 Å². The van der Waals surface area contributed by atoms with Crippen molar-refractivity contribution in [3.05, 3.63) is 69.8 Å². The summed E-state index contributed by atoms with van der Waals surface area (Å²) in [7, 11) is 0. The quantitative estimate of drug-likeness (QED) is 0.565. The maximum atomic E-state index is 13.4. The van der Waals surface area contributed by atoms with Gasteiger partial charge in [-0.3, -0.25) is 4.79 Å². The van der Waals surface area contributed by atoms with E-state index in [2.05, 4.69) is 25.4 Å². The van der Waals surface area contributed by atoms with Crippen LogP contribution < -0.4 is 10.6 Å². The first-order valence-corrected chi connectivity index (χ1v) is 11.0. The van der Waals surface area contributed by atoms with Crippen molar-refractivity contribution < 1.29 is 4.79 Å². The molecule has 32 heavy (non-hydrogen) atoms. The van der Waals surface area contributed by atoms with Crippen molar-refractivity contribution in [2.75, 3.05) is 31.1 Å². The van der Waals surface area contributed by atoms with E-state index < -0.39 is 0 Å². The van der Waals surface area contributed by atoms with E-state index >= 15 is 0 Å². The summed E-state index contributed by atoms with van der Waals surface area (Å²) in [6.45, 7) is 11.7. The number of benzene rings is 1. The van der Waals surface area contributed by atoms with Crippen LogP contribution in [-0.2, 0) is 4.79 Å². The zero-order chi connectivity index (χ0) is 23.0. The third-order valence-corrected chi connectivity index (χ3v) is 6.22. The second-order valence-corrected chi connectivity index (χ2v) is 8.62. The van der Waals surface area contributed by atoms with Crippen LogP contribution >= 0.6 is 11.6 Å². The van der Waals surface area contributed by atoms with Crippen molar-refractivity contribution in [2.24, 2.45) is 0 Å². The topological polar surface area (TPSA) is 71.3 Å². The van der Waals surface area contributed by atoms with Gasteiger partial charge < -0.3 is 9.80 Å². The van der Waals surface area contributed by atoms with E-state index in [1.165, 1.54) is 6.08 Å². The number of hydrogen-bond acceptors (Lipinski definition) is 5. The lowest BCUT2D eigenvalue weighted by Crippen LogP contribution is -2.49. The highest BCUT2D eigenvalue weighted by atomic mass is 35.5. The molecule has 7 nitrogen and oxygen atoms in total. The van der Waals surface area contributed by atoms with Gasteiger partial charge in [0.2, 0.25) is 5.91 Å². The van der Waals surface area contributed by atoms with Crippen LogP contribution in [0.1, 0.15) is 31.0 Å². The summed E-state index contributed by atoms with van der Waals surface area (Å²) in [5.74, 6) is 0.670. The Labute approximate surface area is 192 Å². The van der Waals surface area contributed by atoms with E-state index in [1.807, 2.05) is 42.2 Å². The van der Waals surface area contributed by atoms with Crippen LogP contribution in [0.15, 0.2) is 47.8 Å². The molecule has 4 rings (SSSR count). The Bertz CT molecular complexity index is 1260. The van der Waals surface area contributed by atoms with Crippen LogP contribution in [0, 0.1) is 6.92 Å². The van der Waals surface area contributed by atoms with Crippen LogP contribution in [0.3, 0.4) is 0 Å². The molecule has 0 aliphatic carbocycles. The summed E-state index contributed by atoms with van der Waals surface area (Å²) in [5.41, 5.74) is 2.59. The van der Waals surface area contributed by atoms with Gasteiger partial charge in [-0.1, -0.05) is 50.2 Å². The van der Waals surface area contributed by atoms with Gasteiger partial charge in [0.25, 0.3) is 0 Å². The third-order valence-electron chi connectivity index (χ3n) is 5.84. The number of rotatable bonds is 4. The molecule has 1 aliphatic rings. The Morgan fingerprint density at radius 3 is 2.50 bits per heavy atom. The summed E-state index contributed by atoms with van der Waals surface area (Å²) in [5, 5.41) is 1.23. The van der Waals surface area contributed by atoms with Gasteiger partial charge >= 0.3 is 5.69 Å². The average molecular weight is 452 g/mol. The largest absolute Gasteiger partial charge is 0.355 e. The van der Waals surface area contributed by atoms with Crippen molar-refractivity contribution in [3.63, 3.8) is 0 Å². The molecule has 166 valence electrons. The smallest absolute Gasteiger partial charge is 0.352 e. The number of aromatic nitrogens is 3. The van der Waals surface area contributed by atoms with Crippen molar-refractivity contribution in [2.45, 2.75) is 26.7 Å². The van der Waals surface area contributed by atoms with Crippen LogP contribution in [0.4, 0.5) is 5.82 Å². The molecule has 8 heteroatoms. The highest BCUT2D eigenvalue weighted by Crippen LogP contribution is 2.30. The molecule has 1 amide bonds. The number of pyridine rings is 1. The minimum Gasteiger partial charge on any atom is -0.352 e. The lowest BCUT2D eigenvalue weighted by molar-refractivity contribution is -0.126. The third kappa shape index (κ3) is 3.88. The molecule has 3 aromatic rings. The number of nitrogens with zero attached hydrogens (tertiary/aromatic N) is 5. The van der Waals surface area contributed by atoms with Crippen molar-refractivity contribution >= 4 is 34.4 Å². The molecule has 0 unspecified atom stereocenters. The first-order chi connectivity index (χ1) is 15.3. The highest BCUT2D eigenvalue weighted by Gasteiger charge is 2.25. The lowest BCUT2D eigenvalue weighted by Gasteiger charge is -2.35. The SMILES string of the molecule is C=CC(=O)N1CCN(c2nc(=O)n(-c3ccccc3C(C)C)c3nc(C)c(Cl)cc23)CC1. The summed E-state index contributed by atoms with van der Waals surface area (Å²) in [4.78, 5) is 38.2. The number of amides is 1. The number of piperazine rings is 1. The minimum atomic E-state index is -0.389. The Balaban J connectivity index is 1.89. The Kier molecular flexibility index (Phi) is 6.02. The fourth-order valence-electron chi connectivity index (χ4n) is 4.10. The predicted octanol–water partition coefficient (Wildman–Crippen LogP) is 3.70. The predicted molar refractivity (Wildman–Crippen MR) is 128 cm³/mol. The van der Waals surface area contributed by atoms with Crippen LogP contribution in [0.5, 0.6) is 0 Å². The maximum absolute atomic E-state index is 13.4. The monoisotopic (exact) mass is 451 g/mol. The molecule has 3 heterocycles. The number of para-hydroxylation sites is 1. The van der Waals surface area contributed by atoms with Gasteiger partial charge in [0.1, 0.15) is 5.82 Å². The number of hydrogen-bond donors (Lipinski definition) is 0. The number of fused-ring (bicyclic) bond motifs is 1. The minimum absolute atomic E-state index is 0.0940. The zero-order valence-corrected chi connectivity index (χ0v) is 19.3. The van der Waals surface area contributed by atoms with Crippen molar-refractivity contribution in [3.8, 4) is 5.69 Å². The van der Waals surface area contributed by atoms with Gasteiger partial charge in [-0.15, -0.1) is 0 Å². The van der Waals surface area contributed by atoms with E-state index in [0.29, 0.717) is 53.7 Å². The lowest BCUT2D eigenvalue weighted by atomic mass is 10.0. The van der Waals surface area contributed by atoms with Crippen molar-refractivity contribution in [1.29, 1.82) is 0 Å². The molecule has 2 aromatic heterocycles. The molecule has 1 aromatic carbocycles. The van der Waals surface area contributed by atoms with Gasteiger partial charge in [0.15, 0.2) is 5.65 Å². The number of halogens is 1. The Hall–Kier alpha value is -3.19. The van der Waals surface area contributed by atoms with E-state index in [-0.39, 0.29) is 17.5 Å². The van der Waals surface area contributed by atoms with E-state index in [9.17, 15) is 9.59 Å². The molecule has 0 N–H and O–H groups in total. The molecule has 0 saturated carbocycles. The zero-order valence-electron chi connectivity index (χ0n) is 18.5. The molecule has 0 spiro atoms. The standard InChI is InChI=1S/C24H26ClN5O2/c1-5-21(31)28-10-12-29(13-11-28)22-18-14-19(25)16(4)26-23(18)30(24(32)27-22)20-9-7-6-8-17(20)15(2)3/h5-9,14-15H,1,10-13H2,2-4H3. The summed E-state index contributed by atoms with van der Waals surface area (Å²) >= 11 is 6.44. The molecule has 0 bridgehead atoms. The van der Waals surface area contributed by atoms with E-state index in [4.69, 9.17) is 16.6 Å². The highest BCUT2D eigenvalue weighted by molar-refractivity contribution is 6.32. The first kappa shape index (κ1) is 22.0. The maximum Gasteiger partial charge on any atom is 0.355 e. The Morgan fingerprint density at radius 1 is 1.16 bits per heavy atom. The number of aryl methyl sites for hydroxylation is 1. The number of carbonyl (C=O) groups is 1. The molecule has 1 saturated heterocycles. The summed E-state index contributed by atoms with van der Waals surface area (Å²) in [6, 6.07) is 9.64. The van der Waals surface area contributed by atoms with Crippen LogP contribution in [0.2, 0.25) is 5.02 Å². The number of carbonyl (C=O) groups excluding carboxylic acids is 1. The second kappa shape index (κ2) is 8.74. The van der Waals surface area contributed by atoms with Gasteiger partial charge in [0, 0.05) is 26.2 Å².